The van der Waals surface area contributed by atoms with Crippen molar-refractivity contribution in [3.63, 3.8) is 0 Å². The normalized spacial score (nSPS) is 10.7. The Bertz CT molecular complexity index is 295. The van der Waals surface area contributed by atoms with Crippen LogP contribution in [-0.4, -0.2) is 32.1 Å². The minimum Gasteiger partial charge on any atom is -0.385 e. The Hall–Kier alpha value is -0.800. The standard InChI is InChI=1S/C11H16ClFN2/c1-15(2)5-3-4-14-11-7-9(12)6-10(13)8-11/h6-8,14H,3-5H2,1-2H3. The van der Waals surface area contributed by atoms with Crippen LogP contribution in [0.4, 0.5) is 10.1 Å². The predicted octanol–water partition coefficient (Wildman–Crippen LogP) is 2.84. The first kappa shape index (κ1) is 12.3. The van der Waals surface area contributed by atoms with Crippen molar-refractivity contribution in [1.82, 2.24) is 4.90 Å². The van der Waals surface area contributed by atoms with E-state index in [9.17, 15) is 4.39 Å². The number of hydrogen-bond acceptors (Lipinski definition) is 2. The lowest BCUT2D eigenvalue weighted by Gasteiger charge is -2.10. The molecule has 0 bridgehead atoms. The zero-order chi connectivity index (χ0) is 11.3. The fraction of sp³-hybridized carbons (Fsp3) is 0.455. The van der Waals surface area contributed by atoms with E-state index in [4.69, 9.17) is 11.6 Å². The highest BCUT2D eigenvalue weighted by Crippen LogP contribution is 2.17. The number of rotatable bonds is 5. The van der Waals surface area contributed by atoms with Gasteiger partial charge in [0.15, 0.2) is 0 Å². The van der Waals surface area contributed by atoms with Gasteiger partial charge in [-0.2, -0.15) is 0 Å². The number of anilines is 1. The lowest BCUT2D eigenvalue weighted by molar-refractivity contribution is 0.405. The molecule has 0 fully saturated rings. The molecule has 0 saturated heterocycles. The molecule has 1 N–H and O–H groups in total. The van der Waals surface area contributed by atoms with Gasteiger partial charge in [0, 0.05) is 17.3 Å². The van der Waals surface area contributed by atoms with Crippen LogP contribution in [0.25, 0.3) is 0 Å². The van der Waals surface area contributed by atoms with Gasteiger partial charge in [-0.05, 0) is 45.3 Å². The number of nitrogens with zero attached hydrogens (tertiary/aromatic N) is 1. The Balaban J connectivity index is 2.37. The zero-order valence-corrected chi connectivity index (χ0v) is 9.81. The smallest absolute Gasteiger partial charge is 0.126 e. The maximum Gasteiger partial charge on any atom is 0.126 e. The van der Waals surface area contributed by atoms with Crippen LogP contribution < -0.4 is 5.32 Å². The van der Waals surface area contributed by atoms with Gasteiger partial charge < -0.3 is 10.2 Å². The molecule has 1 aromatic carbocycles. The maximum atomic E-state index is 12.9. The summed E-state index contributed by atoms with van der Waals surface area (Å²) in [7, 11) is 4.05. The highest BCUT2D eigenvalue weighted by molar-refractivity contribution is 6.30. The molecular weight excluding hydrogens is 215 g/mol. The van der Waals surface area contributed by atoms with Crippen molar-refractivity contribution in [3.05, 3.63) is 29.0 Å². The first-order valence-corrected chi connectivity index (χ1v) is 5.30. The third kappa shape index (κ3) is 5.00. The van der Waals surface area contributed by atoms with E-state index >= 15 is 0 Å². The first-order valence-electron chi connectivity index (χ1n) is 4.92. The van der Waals surface area contributed by atoms with Crippen LogP contribution in [0.3, 0.4) is 0 Å². The van der Waals surface area contributed by atoms with Crippen molar-refractivity contribution >= 4 is 17.3 Å². The van der Waals surface area contributed by atoms with Crippen LogP contribution in [-0.2, 0) is 0 Å². The summed E-state index contributed by atoms with van der Waals surface area (Å²) in [4.78, 5) is 2.11. The highest BCUT2D eigenvalue weighted by Gasteiger charge is 1.98. The first-order chi connectivity index (χ1) is 7.08. The van der Waals surface area contributed by atoms with E-state index in [0.717, 1.165) is 25.2 Å². The monoisotopic (exact) mass is 230 g/mol. The summed E-state index contributed by atoms with van der Waals surface area (Å²) < 4.78 is 12.9. The molecule has 0 unspecified atom stereocenters. The van der Waals surface area contributed by atoms with Gasteiger partial charge in [-0.25, -0.2) is 4.39 Å². The quantitative estimate of drug-likeness (QED) is 0.783. The third-order valence-electron chi connectivity index (χ3n) is 1.97. The van der Waals surface area contributed by atoms with Gasteiger partial charge in [-0.1, -0.05) is 11.6 Å². The Kier molecular flexibility index (Phi) is 4.85. The van der Waals surface area contributed by atoms with Crippen LogP contribution in [0.2, 0.25) is 5.02 Å². The molecule has 1 aromatic rings. The Labute approximate surface area is 95.0 Å². The summed E-state index contributed by atoms with van der Waals surface area (Å²) in [6, 6.07) is 4.47. The van der Waals surface area contributed by atoms with E-state index in [1.165, 1.54) is 12.1 Å². The average Bonchev–Trinajstić information content (AvgIpc) is 2.10. The third-order valence-corrected chi connectivity index (χ3v) is 2.19. The molecule has 4 heteroatoms. The van der Waals surface area contributed by atoms with Gasteiger partial charge in [0.2, 0.25) is 0 Å². The van der Waals surface area contributed by atoms with E-state index in [2.05, 4.69) is 10.2 Å². The highest BCUT2D eigenvalue weighted by atomic mass is 35.5. The zero-order valence-electron chi connectivity index (χ0n) is 9.06. The summed E-state index contributed by atoms with van der Waals surface area (Å²) in [5.74, 6) is -0.308. The second-order valence-corrected chi connectivity index (χ2v) is 4.18. The molecule has 15 heavy (non-hydrogen) atoms. The largest absolute Gasteiger partial charge is 0.385 e. The van der Waals surface area contributed by atoms with Crippen LogP contribution in [0.15, 0.2) is 18.2 Å². The number of halogens is 2. The summed E-state index contributed by atoms with van der Waals surface area (Å²) in [6.45, 7) is 1.83. The van der Waals surface area contributed by atoms with Gasteiger partial charge in [-0.15, -0.1) is 0 Å². The minimum absolute atomic E-state index is 0.308. The van der Waals surface area contributed by atoms with Crippen LogP contribution in [0, 0.1) is 5.82 Å². The van der Waals surface area contributed by atoms with E-state index in [1.54, 1.807) is 6.07 Å². The topological polar surface area (TPSA) is 15.3 Å². The van der Waals surface area contributed by atoms with Crippen molar-refractivity contribution in [2.45, 2.75) is 6.42 Å². The molecular formula is C11H16ClFN2. The van der Waals surface area contributed by atoms with Crippen molar-refractivity contribution in [1.29, 1.82) is 0 Å². The summed E-state index contributed by atoms with van der Waals surface area (Å²) >= 11 is 5.73. The van der Waals surface area contributed by atoms with Crippen LogP contribution in [0.1, 0.15) is 6.42 Å². The number of hydrogen-bond donors (Lipinski definition) is 1. The molecule has 0 aliphatic heterocycles. The maximum absolute atomic E-state index is 12.9. The van der Waals surface area contributed by atoms with Crippen molar-refractivity contribution in [2.24, 2.45) is 0 Å². The number of benzene rings is 1. The summed E-state index contributed by atoms with van der Waals surface area (Å²) in [5.41, 5.74) is 0.735. The van der Waals surface area contributed by atoms with Gasteiger partial charge in [-0.3, -0.25) is 0 Å². The second-order valence-electron chi connectivity index (χ2n) is 3.74. The predicted molar refractivity (Wildman–Crippen MR) is 63.1 cm³/mol. The average molecular weight is 231 g/mol. The fourth-order valence-corrected chi connectivity index (χ4v) is 1.51. The van der Waals surface area contributed by atoms with Crippen molar-refractivity contribution < 1.29 is 4.39 Å². The molecule has 2 nitrogen and oxygen atoms in total. The van der Waals surface area contributed by atoms with E-state index in [1.807, 2.05) is 14.1 Å². The fourth-order valence-electron chi connectivity index (χ4n) is 1.28. The van der Waals surface area contributed by atoms with Crippen LogP contribution >= 0.6 is 11.6 Å². The molecule has 0 atom stereocenters. The molecule has 0 radical (unpaired) electrons. The molecule has 84 valence electrons. The van der Waals surface area contributed by atoms with Gasteiger partial charge in [0.1, 0.15) is 5.82 Å². The minimum atomic E-state index is -0.308. The van der Waals surface area contributed by atoms with Gasteiger partial charge in [0.25, 0.3) is 0 Å². The van der Waals surface area contributed by atoms with E-state index in [-0.39, 0.29) is 5.82 Å². The van der Waals surface area contributed by atoms with Gasteiger partial charge in [0.05, 0.1) is 0 Å². The van der Waals surface area contributed by atoms with E-state index in [0.29, 0.717) is 5.02 Å². The lowest BCUT2D eigenvalue weighted by atomic mass is 10.3. The van der Waals surface area contributed by atoms with E-state index < -0.39 is 0 Å². The van der Waals surface area contributed by atoms with Gasteiger partial charge >= 0.3 is 0 Å². The molecule has 0 spiro atoms. The molecule has 0 aromatic heterocycles. The second kappa shape index (κ2) is 5.93. The lowest BCUT2D eigenvalue weighted by Crippen LogP contribution is -2.16. The molecule has 0 aliphatic rings. The molecule has 0 amide bonds. The molecule has 0 saturated carbocycles. The van der Waals surface area contributed by atoms with Crippen molar-refractivity contribution in [3.8, 4) is 0 Å². The van der Waals surface area contributed by atoms with Crippen LogP contribution in [0.5, 0.6) is 0 Å². The summed E-state index contributed by atoms with van der Waals surface area (Å²) in [5, 5.41) is 3.55. The molecule has 0 aliphatic carbocycles. The molecule has 0 heterocycles. The molecule has 1 rings (SSSR count). The summed E-state index contributed by atoms with van der Waals surface area (Å²) in [6.07, 6.45) is 1.02. The Morgan fingerprint density at radius 1 is 1.33 bits per heavy atom. The Morgan fingerprint density at radius 2 is 2.07 bits per heavy atom. The van der Waals surface area contributed by atoms with Crippen molar-refractivity contribution in [2.75, 3.05) is 32.5 Å². The SMILES string of the molecule is CN(C)CCCNc1cc(F)cc(Cl)c1. The Morgan fingerprint density at radius 3 is 2.67 bits per heavy atom. The number of nitrogens with one attached hydrogen (secondary N) is 1.